The molecule has 0 fully saturated rings. The van der Waals surface area contributed by atoms with Gasteiger partial charge < -0.3 is 0 Å². The van der Waals surface area contributed by atoms with Gasteiger partial charge >= 0.3 is 0 Å². The summed E-state index contributed by atoms with van der Waals surface area (Å²) in [6.07, 6.45) is 0. The number of benzene rings is 1. The molecule has 96 valence electrons. The smallest absolute Gasteiger partial charge is 0.207 e. The molecule has 0 bridgehead atoms. The summed E-state index contributed by atoms with van der Waals surface area (Å²) in [5.74, 6) is 0. The molecule has 0 amide bonds. The van der Waals surface area contributed by atoms with Gasteiger partial charge in [0.15, 0.2) is 0 Å². The molecule has 0 unspecified atom stereocenters. The number of hydrogen-bond donors (Lipinski definition) is 0. The lowest BCUT2D eigenvalue weighted by molar-refractivity contribution is 0.520. The first-order valence-corrected chi connectivity index (χ1v) is 7.11. The SMILES string of the molecule is CN(C)S(=O)(=O)c1ccc(Cl)c(C(C)(C)C)c1. The quantitative estimate of drug-likeness (QED) is 0.832. The molecule has 3 nitrogen and oxygen atoms in total. The molecule has 0 aliphatic rings. The van der Waals surface area contributed by atoms with E-state index in [0.29, 0.717) is 5.02 Å². The highest BCUT2D eigenvalue weighted by molar-refractivity contribution is 7.89. The van der Waals surface area contributed by atoms with Crippen molar-refractivity contribution in [3.63, 3.8) is 0 Å². The number of rotatable bonds is 2. The Morgan fingerprint density at radius 3 is 2.12 bits per heavy atom. The van der Waals surface area contributed by atoms with E-state index in [1.807, 2.05) is 20.8 Å². The maximum Gasteiger partial charge on any atom is 0.242 e. The maximum absolute atomic E-state index is 12.0. The van der Waals surface area contributed by atoms with Gasteiger partial charge in [0.1, 0.15) is 0 Å². The maximum atomic E-state index is 12.0. The van der Waals surface area contributed by atoms with E-state index in [-0.39, 0.29) is 10.3 Å². The van der Waals surface area contributed by atoms with Crippen LogP contribution in [0.2, 0.25) is 5.02 Å². The van der Waals surface area contributed by atoms with Gasteiger partial charge in [-0.1, -0.05) is 32.4 Å². The summed E-state index contributed by atoms with van der Waals surface area (Å²) in [6, 6.07) is 4.82. The molecule has 0 saturated heterocycles. The molecular formula is C12H18ClNO2S. The van der Waals surface area contributed by atoms with Crippen molar-refractivity contribution >= 4 is 21.6 Å². The zero-order chi connectivity index (χ0) is 13.4. The van der Waals surface area contributed by atoms with Gasteiger partial charge in [-0.25, -0.2) is 12.7 Å². The van der Waals surface area contributed by atoms with Crippen molar-refractivity contribution in [2.24, 2.45) is 0 Å². The van der Waals surface area contributed by atoms with Gasteiger partial charge in [0.05, 0.1) is 4.90 Å². The summed E-state index contributed by atoms with van der Waals surface area (Å²) in [5, 5.41) is 0.593. The van der Waals surface area contributed by atoms with E-state index in [1.54, 1.807) is 12.1 Å². The summed E-state index contributed by atoms with van der Waals surface area (Å²) >= 11 is 6.10. The fraction of sp³-hybridized carbons (Fsp3) is 0.500. The minimum atomic E-state index is -3.40. The van der Waals surface area contributed by atoms with Crippen LogP contribution in [0.25, 0.3) is 0 Å². The zero-order valence-corrected chi connectivity index (χ0v) is 12.4. The Morgan fingerprint density at radius 2 is 1.71 bits per heavy atom. The summed E-state index contributed by atoms with van der Waals surface area (Å²) in [6.45, 7) is 6.00. The van der Waals surface area contributed by atoms with E-state index >= 15 is 0 Å². The van der Waals surface area contributed by atoms with Crippen molar-refractivity contribution in [1.82, 2.24) is 4.31 Å². The molecule has 0 spiro atoms. The molecular weight excluding hydrogens is 258 g/mol. The molecule has 0 atom stereocenters. The fourth-order valence-electron chi connectivity index (χ4n) is 1.45. The molecule has 0 N–H and O–H groups in total. The minimum absolute atomic E-state index is 0.186. The van der Waals surface area contributed by atoms with E-state index in [0.717, 1.165) is 5.56 Å². The molecule has 1 rings (SSSR count). The summed E-state index contributed by atoms with van der Waals surface area (Å²) in [7, 11) is -0.373. The van der Waals surface area contributed by atoms with Crippen LogP contribution in [0.1, 0.15) is 26.3 Å². The number of hydrogen-bond acceptors (Lipinski definition) is 2. The zero-order valence-electron chi connectivity index (χ0n) is 10.8. The first-order chi connectivity index (χ1) is 7.56. The lowest BCUT2D eigenvalue weighted by atomic mass is 9.87. The second-order valence-electron chi connectivity index (χ2n) is 5.18. The highest BCUT2D eigenvalue weighted by atomic mass is 35.5. The highest BCUT2D eigenvalue weighted by Gasteiger charge is 2.23. The van der Waals surface area contributed by atoms with Gasteiger partial charge in [-0.3, -0.25) is 0 Å². The number of sulfonamides is 1. The minimum Gasteiger partial charge on any atom is -0.207 e. The predicted octanol–water partition coefficient (Wildman–Crippen LogP) is 2.89. The lowest BCUT2D eigenvalue weighted by Gasteiger charge is -2.22. The van der Waals surface area contributed by atoms with Crippen LogP contribution in [-0.2, 0) is 15.4 Å². The molecule has 0 heterocycles. The van der Waals surface area contributed by atoms with Gasteiger partial charge in [-0.15, -0.1) is 0 Å². The Balaban J connectivity index is 3.43. The Labute approximate surface area is 108 Å². The van der Waals surface area contributed by atoms with E-state index < -0.39 is 10.0 Å². The Kier molecular flexibility index (Phi) is 3.91. The third kappa shape index (κ3) is 3.00. The molecule has 0 aliphatic heterocycles. The van der Waals surface area contributed by atoms with Gasteiger partial charge in [0.25, 0.3) is 0 Å². The molecule has 1 aromatic carbocycles. The summed E-state index contributed by atoms with van der Waals surface area (Å²) < 4.78 is 25.2. The summed E-state index contributed by atoms with van der Waals surface area (Å²) in [5.41, 5.74) is 0.650. The second-order valence-corrected chi connectivity index (χ2v) is 7.74. The average molecular weight is 276 g/mol. The molecule has 0 aromatic heterocycles. The van der Waals surface area contributed by atoms with Crippen molar-refractivity contribution < 1.29 is 8.42 Å². The third-order valence-corrected chi connectivity index (χ3v) is 4.67. The Hall–Kier alpha value is -0.580. The number of halogens is 1. The third-order valence-electron chi connectivity index (χ3n) is 2.52. The van der Waals surface area contributed by atoms with Crippen LogP contribution in [0.4, 0.5) is 0 Å². The monoisotopic (exact) mass is 275 g/mol. The normalized spacial score (nSPS) is 13.1. The van der Waals surface area contributed by atoms with Crippen LogP contribution in [0, 0.1) is 0 Å². The molecule has 0 saturated carbocycles. The van der Waals surface area contributed by atoms with Gasteiger partial charge in [-0.2, -0.15) is 0 Å². The molecule has 0 aliphatic carbocycles. The van der Waals surface area contributed by atoms with Crippen LogP contribution < -0.4 is 0 Å². The highest BCUT2D eigenvalue weighted by Crippen LogP contribution is 2.31. The topological polar surface area (TPSA) is 37.4 Å². The van der Waals surface area contributed by atoms with Crippen LogP contribution in [0.3, 0.4) is 0 Å². The molecule has 1 aromatic rings. The van der Waals surface area contributed by atoms with Gasteiger partial charge in [0.2, 0.25) is 10.0 Å². The van der Waals surface area contributed by atoms with Gasteiger partial charge in [-0.05, 0) is 29.2 Å². The largest absolute Gasteiger partial charge is 0.242 e. The Morgan fingerprint density at radius 1 is 1.18 bits per heavy atom. The van der Waals surface area contributed by atoms with Crippen molar-refractivity contribution in [2.45, 2.75) is 31.1 Å². The van der Waals surface area contributed by atoms with Gasteiger partial charge in [0, 0.05) is 19.1 Å². The van der Waals surface area contributed by atoms with E-state index in [2.05, 4.69) is 0 Å². The molecule has 17 heavy (non-hydrogen) atoms. The van der Waals surface area contributed by atoms with Crippen LogP contribution in [0.5, 0.6) is 0 Å². The molecule has 0 radical (unpaired) electrons. The van der Waals surface area contributed by atoms with Crippen LogP contribution >= 0.6 is 11.6 Å². The lowest BCUT2D eigenvalue weighted by Crippen LogP contribution is -2.23. The predicted molar refractivity (Wildman–Crippen MR) is 71.0 cm³/mol. The van der Waals surface area contributed by atoms with E-state index in [1.165, 1.54) is 24.5 Å². The molecule has 5 heteroatoms. The van der Waals surface area contributed by atoms with Crippen LogP contribution in [0.15, 0.2) is 23.1 Å². The van der Waals surface area contributed by atoms with Crippen LogP contribution in [-0.4, -0.2) is 26.8 Å². The van der Waals surface area contributed by atoms with Crippen molar-refractivity contribution in [3.05, 3.63) is 28.8 Å². The first kappa shape index (κ1) is 14.5. The van der Waals surface area contributed by atoms with Crippen molar-refractivity contribution in [1.29, 1.82) is 0 Å². The fourth-order valence-corrected chi connectivity index (χ4v) is 2.78. The van der Waals surface area contributed by atoms with Crippen molar-refractivity contribution in [2.75, 3.05) is 14.1 Å². The summed E-state index contributed by atoms with van der Waals surface area (Å²) in [4.78, 5) is 0.275. The first-order valence-electron chi connectivity index (χ1n) is 5.29. The van der Waals surface area contributed by atoms with Crippen molar-refractivity contribution in [3.8, 4) is 0 Å². The second kappa shape index (κ2) is 4.59. The standard InChI is InChI=1S/C12H18ClNO2S/c1-12(2,3)10-8-9(6-7-11(10)13)17(15,16)14(4)5/h6-8H,1-5H3. The average Bonchev–Trinajstić information content (AvgIpc) is 2.15. The number of nitrogens with zero attached hydrogens (tertiary/aromatic N) is 1. The Bertz CT molecular complexity index is 516. The van der Waals surface area contributed by atoms with E-state index in [4.69, 9.17) is 11.6 Å². The van der Waals surface area contributed by atoms with E-state index in [9.17, 15) is 8.42 Å².